The molecule has 1 aromatic carbocycles. The molecule has 4 aliphatic heterocycles. The van der Waals surface area contributed by atoms with Crippen LogP contribution in [0.25, 0.3) is 0 Å². The average molecular weight is 674 g/mol. The quantitative estimate of drug-likeness (QED) is 0.356. The van der Waals surface area contributed by atoms with Crippen molar-refractivity contribution in [1.82, 2.24) is 29.2 Å². The van der Waals surface area contributed by atoms with Crippen LogP contribution in [-0.2, 0) is 15.6 Å². The van der Waals surface area contributed by atoms with E-state index in [1.165, 1.54) is 28.9 Å². The summed E-state index contributed by atoms with van der Waals surface area (Å²) in [6.45, 7) is 14.3. The van der Waals surface area contributed by atoms with E-state index in [0.717, 1.165) is 77.9 Å². The molecule has 0 bridgehead atoms. The number of piperidine rings is 1. The van der Waals surface area contributed by atoms with Crippen LogP contribution in [0.4, 0.5) is 10.2 Å². The Labute approximate surface area is 278 Å². The van der Waals surface area contributed by atoms with Crippen LogP contribution in [0.5, 0.6) is 11.5 Å². The van der Waals surface area contributed by atoms with E-state index in [-0.39, 0.29) is 46.9 Å². The predicted octanol–water partition coefficient (Wildman–Crippen LogP) is 3.57. The molecule has 2 atom stereocenters. The number of rotatable bonds is 11. The first kappa shape index (κ1) is 34.0. The third-order valence-corrected chi connectivity index (χ3v) is 11.0. The first-order valence-electron chi connectivity index (χ1n) is 16.9. The lowest BCUT2D eigenvalue weighted by Crippen LogP contribution is -2.61. The molecule has 47 heavy (non-hydrogen) atoms. The topological polar surface area (TPSA) is 112 Å². The molecule has 258 valence electrons. The van der Waals surface area contributed by atoms with Crippen molar-refractivity contribution in [2.24, 2.45) is 5.41 Å². The van der Waals surface area contributed by atoms with Crippen molar-refractivity contribution in [1.29, 1.82) is 0 Å². The predicted molar refractivity (Wildman–Crippen MR) is 176 cm³/mol. The number of halogens is 1. The molecule has 14 heteroatoms. The van der Waals surface area contributed by atoms with Crippen LogP contribution in [0.15, 0.2) is 30.7 Å². The second-order valence-electron chi connectivity index (χ2n) is 14.1. The summed E-state index contributed by atoms with van der Waals surface area (Å²) < 4.78 is 52.1. The average Bonchev–Trinajstić information content (AvgIpc) is 2.99. The summed E-state index contributed by atoms with van der Waals surface area (Å²) in [7, 11) is -2.65. The zero-order valence-corrected chi connectivity index (χ0v) is 28.8. The molecule has 5 heterocycles. The van der Waals surface area contributed by atoms with Gasteiger partial charge in [0.15, 0.2) is 11.6 Å². The van der Waals surface area contributed by atoms with Crippen LogP contribution in [0.1, 0.15) is 70.2 Å². The molecule has 0 N–H and O–H groups in total. The van der Waals surface area contributed by atoms with Crippen molar-refractivity contribution in [3.8, 4) is 11.5 Å². The van der Waals surface area contributed by atoms with Gasteiger partial charge in [-0.05, 0) is 91.1 Å². The Kier molecular flexibility index (Phi) is 10.3. The molecular weight excluding hydrogens is 625 g/mol. The number of thiol groups is 1. The van der Waals surface area contributed by atoms with E-state index in [0.29, 0.717) is 18.2 Å². The van der Waals surface area contributed by atoms with Gasteiger partial charge < -0.3 is 24.2 Å². The number of carbonyl (C=O) groups is 1. The second kappa shape index (κ2) is 14.3. The highest BCUT2D eigenvalue weighted by Gasteiger charge is 2.46. The molecule has 1 amide bonds. The maximum absolute atomic E-state index is 14.4. The van der Waals surface area contributed by atoms with E-state index < -0.39 is 16.7 Å². The minimum absolute atomic E-state index is 0.0653. The van der Waals surface area contributed by atoms with Gasteiger partial charge >= 0.3 is 0 Å². The molecule has 0 saturated carbocycles. The highest BCUT2D eigenvalue weighted by Crippen LogP contribution is 2.45. The summed E-state index contributed by atoms with van der Waals surface area (Å²) in [5.74, 6) is 0.581. The monoisotopic (exact) mass is 673 g/mol. The number of likely N-dealkylation sites (tertiary alicyclic amines) is 1. The third-order valence-electron chi connectivity index (χ3n) is 10.1. The number of amides is 1. The molecule has 1 aromatic heterocycles. The van der Waals surface area contributed by atoms with E-state index in [4.69, 9.17) is 9.47 Å². The Bertz CT molecular complexity index is 1470. The Morgan fingerprint density at radius 2 is 1.81 bits per heavy atom. The van der Waals surface area contributed by atoms with Gasteiger partial charge in [0.25, 0.3) is 5.91 Å². The van der Waals surface area contributed by atoms with Crippen molar-refractivity contribution in [3.05, 3.63) is 42.1 Å². The number of hydrogen-bond acceptors (Lipinski definition) is 10. The van der Waals surface area contributed by atoms with Crippen LogP contribution in [0, 0.1) is 11.2 Å². The lowest BCUT2D eigenvalue weighted by atomic mass is 9.72. The first-order chi connectivity index (χ1) is 22.5. The highest BCUT2D eigenvalue weighted by molar-refractivity contribution is 7.69. The van der Waals surface area contributed by atoms with Crippen molar-refractivity contribution in [2.45, 2.75) is 84.0 Å². The van der Waals surface area contributed by atoms with Gasteiger partial charge in [0, 0.05) is 50.2 Å². The molecule has 4 saturated heterocycles. The number of aromatic nitrogens is 2. The summed E-state index contributed by atoms with van der Waals surface area (Å²) in [5.41, 5.74) is 0.363. The SMILES string of the molecule is CC(C)N(C(=O)c1cc(F)ccc1Oc1cncnc1N1CC2(CCN(C[C@@H]3CC[C@@H](N(N4CCC4)[SH](=O)=O)CO3)CC2)C1)C(C)C. The largest absolute Gasteiger partial charge is 0.451 e. The minimum atomic E-state index is -2.65. The van der Waals surface area contributed by atoms with Crippen LogP contribution >= 0.6 is 0 Å². The normalized spacial score (nSPS) is 23.4. The van der Waals surface area contributed by atoms with Crippen molar-refractivity contribution in [3.63, 3.8) is 0 Å². The lowest BCUT2D eigenvalue weighted by Gasteiger charge is -2.54. The maximum atomic E-state index is 14.4. The first-order valence-corrected chi connectivity index (χ1v) is 18.0. The van der Waals surface area contributed by atoms with Crippen LogP contribution in [-0.4, -0.2) is 120 Å². The number of ether oxygens (including phenoxy) is 2. The zero-order chi connectivity index (χ0) is 33.3. The number of anilines is 1. The van der Waals surface area contributed by atoms with Crippen molar-refractivity contribution in [2.75, 3.05) is 57.3 Å². The molecule has 0 unspecified atom stereocenters. The van der Waals surface area contributed by atoms with E-state index in [9.17, 15) is 17.6 Å². The highest BCUT2D eigenvalue weighted by atomic mass is 32.2. The fraction of sp³-hybridized carbons (Fsp3) is 0.667. The number of carbonyl (C=O) groups excluding carboxylic acids is 1. The number of benzene rings is 1. The molecule has 4 aliphatic rings. The van der Waals surface area contributed by atoms with Gasteiger partial charge in [-0.1, -0.05) is 0 Å². The summed E-state index contributed by atoms with van der Waals surface area (Å²) in [6, 6.07) is 3.80. The number of nitrogens with zero attached hydrogens (tertiary/aromatic N) is 7. The molecule has 0 aliphatic carbocycles. The zero-order valence-electron chi connectivity index (χ0n) is 27.9. The Morgan fingerprint density at radius 3 is 2.40 bits per heavy atom. The summed E-state index contributed by atoms with van der Waals surface area (Å²) >= 11 is 0. The molecular formula is C33H48FN7O5S. The molecule has 12 nitrogen and oxygen atoms in total. The van der Waals surface area contributed by atoms with Gasteiger partial charge in [-0.2, -0.15) is 0 Å². The van der Waals surface area contributed by atoms with E-state index >= 15 is 0 Å². The fourth-order valence-electron chi connectivity index (χ4n) is 7.52. The maximum Gasteiger partial charge on any atom is 0.258 e. The Hall–Kier alpha value is -2.91. The van der Waals surface area contributed by atoms with Crippen molar-refractivity contribution >= 4 is 22.6 Å². The Balaban J connectivity index is 1.03. The molecule has 6 rings (SSSR count). The molecule has 0 radical (unpaired) electrons. The summed E-state index contributed by atoms with van der Waals surface area (Å²) in [4.78, 5) is 28.7. The lowest BCUT2D eigenvalue weighted by molar-refractivity contribution is -0.0974. The molecule has 4 fully saturated rings. The standard InChI is InChI=1S/C33H48FN7O5S/c1-23(2)40(24(3)4)32(42)28-16-25(34)6-9-29(28)46-30-17-35-22-36-31(30)38-20-33(21-38)10-14-37(15-11-33)18-27-8-7-26(19-45-27)41(47(43)44)39-12-5-13-39/h6,9,16-17,22-24,26-27,47H,5,7-8,10-15,18-21H2,1-4H3/t26-,27+/m1/s1. The van der Waals surface area contributed by atoms with E-state index in [2.05, 4.69) is 19.8 Å². The van der Waals surface area contributed by atoms with Gasteiger partial charge in [0.05, 0.1) is 30.5 Å². The number of hydrazine groups is 1. The fourth-order valence-corrected chi connectivity index (χ4v) is 8.35. The second-order valence-corrected chi connectivity index (χ2v) is 14.9. The van der Waals surface area contributed by atoms with Crippen LogP contribution in [0.2, 0.25) is 0 Å². The summed E-state index contributed by atoms with van der Waals surface area (Å²) in [5, 5.41) is 1.91. The molecule has 2 aromatic rings. The Morgan fingerprint density at radius 1 is 1.09 bits per heavy atom. The number of hydrogen-bond donors (Lipinski definition) is 1. The minimum Gasteiger partial charge on any atom is -0.451 e. The van der Waals surface area contributed by atoms with Crippen LogP contribution in [0.3, 0.4) is 0 Å². The van der Waals surface area contributed by atoms with E-state index in [1.54, 1.807) is 11.1 Å². The van der Waals surface area contributed by atoms with Gasteiger partial charge in [-0.15, -0.1) is 4.41 Å². The van der Waals surface area contributed by atoms with Gasteiger partial charge in [0.1, 0.15) is 17.9 Å². The smallest absolute Gasteiger partial charge is 0.258 e. The van der Waals surface area contributed by atoms with Crippen molar-refractivity contribution < 1.29 is 27.1 Å². The van der Waals surface area contributed by atoms with E-state index in [1.807, 2.05) is 32.7 Å². The summed E-state index contributed by atoms with van der Waals surface area (Å²) in [6.07, 6.45) is 8.07. The molecule has 1 spiro atoms. The van der Waals surface area contributed by atoms with Gasteiger partial charge in [-0.25, -0.2) is 27.8 Å². The van der Waals surface area contributed by atoms with Gasteiger partial charge in [-0.3, -0.25) is 4.79 Å². The van der Waals surface area contributed by atoms with Crippen LogP contribution < -0.4 is 9.64 Å². The third kappa shape index (κ3) is 7.41. The van der Waals surface area contributed by atoms with Gasteiger partial charge in [0.2, 0.25) is 10.9 Å².